The molecule has 3 nitrogen and oxygen atoms in total. The molecule has 0 spiro atoms. The third-order valence-electron chi connectivity index (χ3n) is 3.51. The van der Waals surface area contributed by atoms with Crippen molar-refractivity contribution in [2.45, 2.75) is 31.8 Å². The summed E-state index contributed by atoms with van der Waals surface area (Å²) in [6, 6.07) is 3.78. The van der Waals surface area contributed by atoms with Crippen LogP contribution in [-0.2, 0) is 0 Å². The Hall–Kier alpha value is -1.13. The third kappa shape index (κ3) is 3.45. The van der Waals surface area contributed by atoms with E-state index >= 15 is 0 Å². The van der Waals surface area contributed by atoms with Crippen LogP contribution in [-0.4, -0.2) is 34.6 Å². The van der Waals surface area contributed by atoms with Crippen molar-refractivity contribution < 1.29 is 14.3 Å². The van der Waals surface area contributed by atoms with Gasteiger partial charge in [-0.15, -0.1) is 0 Å². The number of hydrogen-bond donors (Lipinski definition) is 1. The van der Waals surface area contributed by atoms with E-state index in [2.05, 4.69) is 0 Å². The molecule has 0 bridgehead atoms. The predicted molar refractivity (Wildman–Crippen MR) is 71.8 cm³/mol. The molecule has 19 heavy (non-hydrogen) atoms. The number of halogens is 2. The lowest BCUT2D eigenvalue weighted by atomic mass is 9.98. The molecule has 0 aromatic heterocycles. The molecule has 104 valence electrons. The summed E-state index contributed by atoms with van der Waals surface area (Å²) in [6.45, 7) is 2.86. The zero-order valence-electron chi connectivity index (χ0n) is 10.8. The standard InChI is InChI=1S/C14H17ClFNO2/c1-14(19)5-2-7-17(8-6-14)13(18)11-4-3-10(16)9-12(11)15/h3-4,9,19H,2,5-8H2,1H3. The van der Waals surface area contributed by atoms with Gasteiger partial charge in [-0.3, -0.25) is 4.79 Å². The van der Waals surface area contributed by atoms with Crippen LogP contribution < -0.4 is 0 Å². The SMILES string of the molecule is CC1(O)CCCN(C(=O)c2ccc(F)cc2Cl)CC1. The first-order valence-corrected chi connectivity index (χ1v) is 6.73. The van der Waals surface area contributed by atoms with Gasteiger partial charge in [0, 0.05) is 13.1 Å². The molecule has 1 unspecified atom stereocenters. The molecule has 0 saturated carbocycles. The first-order valence-electron chi connectivity index (χ1n) is 6.36. The quantitative estimate of drug-likeness (QED) is 0.862. The van der Waals surface area contributed by atoms with Crippen molar-refractivity contribution >= 4 is 17.5 Å². The minimum Gasteiger partial charge on any atom is -0.390 e. The fourth-order valence-corrected chi connectivity index (χ4v) is 2.55. The Kier molecular flexibility index (Phi) is 4.11. The van der Waals surface area contributed by atoms with E-state index in [0.29, 0.717) is 31.5 Å². The molecule has 0 radical (unpaired) electrons. The van der Waals surface area contributed by atoms with Crippen LogP contribution in [0.15, 0.2) is 18.2 Å². The van der Waals surface area contributed by atoms with Crippen LogP contribution in [0.25, 0.3) is 0 Å². The number of carbonyl (C=O) groups excluding carboxylic acids is 1. The number of benzene rings is 1. The molecule has 1 aliphatic rings. The predicted octanol–water partition coefficient (Wildman–Crippen LogP) is 2.86. The lowest BCUT2D eigenvalue weighted by molar-refractivity contribution is 0.0438. The van der Waals surface area contributed by atoms with E-state index in [1.807, 2.05) is 0 Å². The summed E-state index contributed by atoms with van der Waals surface area (Å²) < 4.78 is 13.0. The molecule has 1 heterocycles. The van der Waals surface area contributed by atoms with Crippen molar-refractivity contribution in [1.82, 2.24) is 4.90 Å². The number of aliphatic hydroxyl groups is 1. The van der Waals surface area contributed by atoms with E-state index in [9.17, 15) is 14.3 Å². The smallest absolute Gasteiger partial charge is 0.255 e. The molecule has 1 aliphatic heterocycles. The molecule has 1 aromatic carbocycles. The molecular weight excluding hydrogens is 269 g/mol. The van der Waals surface area contributed by atoms with Gasteiger partial charge in [-0.2, -0.15) is 0 Å². The van der Waals surface area contributed by atoms with Crippen LogP contribution >= 0.6 is 11.6 Å². The molecule has 1 saturated heterocycles. The van der Waals surface area contributed by atoms with Crippen molar-refractivity contribution in [2.75, 3.05) is 13.1 Å². The Labute approximate surface area is 117 Å². The molecule has 1 aromatic rings. The fraction of sp³-hybridized carbons (Fsp3) is 0.500. The summed E-state index contributed by atoms with van der Waals surface area (Å²) in [5.74, 6) is -0.664. The first-order chi connectivity index (χ1) is 8.89. The average Bonchev–Trinajstić information content (AvgIpc) is 2.49. The lowest BCUT2D eigenvalue weighted by Crippen LogP contribution is -2.33. The first kappa shape index (κ1) is 14.3. The maximum atomic E-state index is 13.0. The lowest BCUT2D eigenvalue weighted by Gasteiger charge is -2.23. The van der Waals surface area contributed by atoms with Gasteiger partial charge in [0.05, 0.1) is 16.2 Å². The second-order valence-corrected chi connectivity index (χ2v) is 5.67. The number of nitrogens with zero attached hydrogens (tertiary/aromatic N) is 1. The summed E-state index contributed by atoms with van der Waals surface area (Å²) in [4.78, 5) is 14.0. The van der Waals surface area contributed by atoms with Crippen LogP contribution in [0.5, 0.6) is 0 Å². The highest BCUT2D eigenvalue weighted by Crippen LogP contribution is 2.24. The van der Waals surface area contributed by atoms with Crippen LogP contribution in [0.1, 0.15) is 36.5 Å². The van der Waals surface area contributed by atoms with Crippen molar-refractivity contribution in [3.63, 3.8) is 0 Å². The van der Waals surface area contributed by atoms with Crippen molar-refractivity contribution in [1.29, 1.82) is 0 Å². The van der Waals surface area contributed by atoms with Gasteiger partial charge in [-0.25, -0.2) is 4.39 Å². The minimum atomic E-state index is -0.721. The average molecular weight is 286 g/mol. The van der Waals surface area contributed by atoms with E-state index in [0.717, 1.165) is 12.5 Å². The van der Waals surface area contributed by atoms with Gasteiger partial charge >= 0.3 is 0 Å². The van der Waals surface area contributed by atoms with Gasteiger partial charge in [-0.05, 0) is 44.4 Å². The number of carbonyl (C=O) groups is 1. The van der Waals surface area contributed by atoms with Crippen LogP contribution in [0.2, 0.25) is 5.02 Å². The highest BCUT2D eigenvalue weighted by atomic mass is 35.5. The molecule has 1 amide bonds. The zero-order valence-corrected chi connectivity index (χ0v) is 11.6. The second-order valence-electron chi connectivity index (χ2n) is 5.27. The zero-order chi connectivity index (χ0) is 14.0. The Bertz CT molecular complexity index is 490. The summed E-state index contributed by atoms with van der Waals surface area (Å²) in [6.07, 6.45) is 1.96. The van der Waals surface area contributed by atoms with E-state index in [1.54, 1.807) is 11.8 Å². The Morgan fingerprint density at radius 3 is 2.84 bits per heavy atom. The largest absolute Gasteiger partial charge is 0.390 e. The number of likely N-dealkylation sites (tertiary alicyclic amines) is 1. The molecule has 1 atom stereocenters. The highest BCUT2D eigenvalue weighted by molar-refractivity contribution is 6.33. The highest BCUT2D eigenvalue weighted by Gasteiger charge is 2.28. The molecule has 0 aliphatic carbocycles. The number of rotatable bonds is 1. The summed E-state index contributed by atoms with van der Waals surface area (Å²) in [5, 5.41) is 10.1. The van der Waals surface area contributed by atoms with Gasteiger partial charge in [0.1, 0.15) is 5.82 Å². The number of hydrogen-bond acceptors (Lipinski definition) is 2. The van der Waals surface area contributed by atoms with Crippen molar-refractivity contribution in [2.24, 2.45) is 0 Å². The number of amides is 1. The van der Waals surface area contributed by atoms with E-state index in [4.69, 9.17) is 11.6 Å². The summed E-state index contributed by atoms with van der Waals surface area (Å²) >= 11 is 5.90. The molecule has 2 rings (SSSR count). The third-order valence-corrected chi connectivity index (χ3v) is 3.83. The maximum Gasteiger partial charge on any atom is 0.255 e. The van der Waals surface area contributed by atoms with Crippen LogP contribution in [0.3, 0.4) is 0 Å². The van der Waals surface area contributed by atoms with Crippen molar-refractivity contribution in [3.8, 4) is 0 Å². The van der Waals surface area contributed by atoms with Gasteiger partial charge in [0.15, 0.2) is 0 Å². The van der Waals surface area contributed by atoms with Crippen molar-refractivity contribution in [3.05, 3.63) is 34.6 Å². The van der Waals surface area contributed by atoms with Gasteiger partial charge in [0.25, 0.3) is 5.91 Å². The second kappa shape index (κ2) is 5.47. The van der Waals surface area contributed by atoms with E-state index < -0.39 is 11.4 Å². The molecule has 1 fully saturated rings. The van der Waals surface area contributed by atoms with E-state index in [1.165, 1.54) is 12.1 Å². The monoisotopic (exact) mass is 285 g/mol. The Morgan fingerprint density at radius 2 is 2.16 bits per heavy atom. The van der Waals surface area contributed by atoms with E-state index in [-0.39, 0.29) is 10.9 Å². The minimum absolute atomic E-state index is 0.126. The maximum absolute atomic E-state index is 13.0. The Morgan fingerprint density at radius 1 is 1.42 bits per heavy atom. The van der Waals surface area contributed by atoms with Crippen LogP contribution in [0.4, 0.5) is 4.39 Å². The van der Waals surface area contributed by atoms with Gasteiger partial charge in [0.2, 0.25) is 0 Å². The Balaban J connectivity index is 2.15. The molecule has 1 N–H and O–H groups in total. The van der Waals surface area contributed by atoms with Crippen LogP contribution in [0, 0.1) is 5.82 Å². The normalized spacial score (nSPS) is 24.1. The fourth-order valence-electron chi connectivity index (χ4n) is 2.30. The van der Waals surface area contributed by atoms with Gasteiger partial charge < -0.3 is 10.0 Å². The molecule has 5 heteroatoms. The van der Waals surface area contributed by atoms with Gasteiger partial charge in [-0.1, -0.05) is 11.6 Å². The summed E-state index contributed by atoms with van der Waals surface area (Å²) in [5.41, 5.74) is -0.411. The molecular formula is C14H17ClFNO2. The summed E-state index contributed by atoms with van der Waals surface area (Å²) in [7, 11) is 0. The topological polar surface area (TPSA) is 40.5 Å².